The van der Waals surface area contributed by atoms with E-state index in [2.05, 4.69) is 15.0 Å². The molecule has 0 aliphatic rings. The number of pyridine rings is 1. The lowest BCUT2D eigenvalue weighted by Gasteiger charge is -2.11. The number of H-pyrrole nitrogens is 1. The number of carbonyl (C=O) groups excluding carboxylic acids is 1. The summed E-state index contributed by atoms with van der Waals surface area (Å²) < 4.78 is 58.2. The second kappa shape index (κ2) is 7.43. The molecule has 0 amide bonds. The number of aryl methyl sites for hydroxylation is 2. The average Bonchev–Trinajstić information content (AvgIpc) is 3.27. The first-order valence-electron chi connectivity index (χ1n) is 8.76. The zero-order chi connectivity index (χ0) is 22.5. The minimum atomic E-state index is -4.28. The number of imidazole rings is 1. The fourth-order valence-electron chi connectivity index (χ4n) is 2.99. The predicted molar refractivity (Wildman–Crippen MR) is 110 cm³/mol. The number of hydrogen-bond acceptors (Lipinski definition) is 5. The molecule has 8 nitrogen and oxygen atoms in total. The minimum absolute atomic E-state index is 0.0665. The van der Waals surface area contributed by atoms with Crippen LogP contribution in [0.5, 0.6) is 0 Å². The van der Waals surface area contributed by atoms with E-state index in [1.54, 1.807) is 14.0 Å². The van der Waals surface area contributed by atoms with E-state index in [0.717, 1.165) is 12.1 Å². The summed E-state index contributed by atoms with van der Waals surface area (Å²) in [6.45, 7) is 1.59. The van der Waals surface area contributed by atoms with Gasteiger partial charge in [-0.2, -0.15) is 8.42 Å². The van der Waals surface area contributed by atoms with Gasteiger partial charge in [-0.3, -0.25) is 9.52 Å². The molecular weight excluding hydrogens is 452 g/mol. The Kier molecular flexibility index (Phi) is 5.02. The molecule has 160 valence electrons. The van der Waals surface area contributed by atoms with Crippen LogP contribution in [0.2, 0.25) is 5.02 Å². The molecule has 4 rings (SSSR count). The van der Waals surface area contributed by atoms with Gasteiger partial charge in [-0.15, -0.1) is 0 Å². The second-order valence-corrected chi connectivity index (χ2v) is 8.77. The first-order valence-corrected chi connectivity index (χ1v) is 10.6. The van der Waals surface area contributed by atoms with Crippen molar-refractivity contribution in [2.75, 3.05) is 4.72 Å². The number of aromatic nitrogens is 4. The molecule has 3 aromatic heterocycles. The highest BCUT2D eigenvalue weighted by Crippen LogP contribution is 2.29. The Balaban J connectivity index is 1.77. The summed E-state index contributed by atoms with van der Waals surface area (Å²) in [7, 11) is -2.68. The van der Waals surface area contributed by atoms with Gasteiger partial charge in [-0.05, 0) is 25.1 Å². The van der Waals surface area contributed by atoms with Crippen LogP contribution < -0.4 is 4.72 Å². The Hall–Kier alpha value is -3.31. The molecule has 1 aromatic carbocycles. The van der Waals surface area contributed by atoms with Gasteiger partial charge in [-0.25, -0.2) is 18.7 Å². The summed E-state index contributed by atoms with van der Waals surface area (Å²) in [4.78, 5) is 23.6. The van der Waals surface area contributed by atoms with Gasteiger partial charge in [0.15, 0.2) is 10.8 Å². The predicted octanol–water partition coefficient (Wildman–Crippen LogP) is 3.57. The highest BCUT2D eigenvalue weighted by atomic mass is 35.5. The van der Waals surface area contributed by atoms with E-state index < -0.39 is 38.7 Å². The van der Waals surface area contributed by atoms with E-state index in [1.165, 1.54) is 29.2 Å². The fourth-order valence-corrected chi connectivity index (χ4v) is 4.25. The van der Waals surface area contributed by atoms with E-state index >= 15 is 4.39 Å². The molecule has 0 aliphatic heterocycles. The van der Waals surface area contributed by atoms with Crippen LogP contribution in [0.1, 0.15) is 21.7 Å². The van der Waals surface area contributed by atoms with E-state index in [4.69, 9.17) is 11.6 Å². The Bertz CT molecular complexity index is 1440. The number of hydrogen-bond donors (Lipinski definition) is 2. The van der Waals surface area contributed by atoms with E-state index in [0.29, 0.717) is 11.5 Å². The molecule has 0 aliphatic carbocycles. The molecular formula is C19H14ClF2N5O3S. The highest BCUT2D eigenvalue weighted by molar-refractivity contribution is 7.92. The number of fused-ring (bicyclic) bond motifs is 1. The molecule has 3 heterocycles. The van der Waals surface area contributed by atoms with E-state index in [9.17, 15) is 17.6 Å². The quantitative estimate of drug-likeness (QED) is 0.438. The zero-order valence-electron chi connectivity index (χ0n) is 16.1. The maximum atomic E-state index is 15.1. The topological polar surface area (TPSA) is 110 Å². The van der Waals surface area contributed by atoms with Crippen LogP contribution in [0.25, 0.3) is 11.0 Å². The number of anilines is 1. The van der Waals surface area contributed by atoms with Crippen LogP contribution in [0.3, 0.4) is 0 Å². The average molecular weight is 466 g/mol. The number of nitrogens with one attached hydrogen (secondary N) is 2. The molecule has 0 atom stereocenters. The molecule has 0 bridgehead atoms. The number of sulfonamides is 1. The van der Waals surface area contributed by atoms with E-state index in [1.807, 2.05) is 4.72 Å². The van der Waals surface area contributed by atoms with Crippen molar-refractivity contribution in [3.05, 3.63) is 70.4 Å². The third-order valence-electron chi connectivity index (χ3n) is 4.67. The Morgan fingerprint density at radius 2 is 2.03 bits per heavy atom. The van der Waals surface area contributed by atoms with Crippen LogP contribution >= 0.6 is 11.6 Å². The molecule has 0 spiro atoms. The maximum Gasteiger partial charge on any atom is 0.281 e. The van der Waals surface area contributed by atoms with Crippen LogP contribution in [-0.4, -0.2) is 33.7 Å². The molecule has 2 N–H and O–H groups in total. The number of benzene rings is 1. The number of halogens is 3. The van der Waals surface area contributed by atoms with Crippen molar-refractivity contribution >= 4 is 44.1 Å². The number of carbonyl (C=O) groups is 1. The van der Waals surface area contributed by atoms with Crippen molar-refractivity contribution in [3.63, 3.8) is 0 Å². The van der Waals surface area contributed by atoms with Gasteiger partial charge in [0.05, 0.1) is 16.3 Å². The van der Waals surface area contributed by atoms with Crippen LogP contribution in [0.15, 0.2) is 41.8 Å². The maximum absolute atomic E-state index is 15.1. The summed E-state index contributed by atoms with van der Waals surface area (Å²) in [5.41, 5.74) is -1.28. The molecule has 0 fully saturated rings. The first kappa shape index (κ1) is 20.9. The highest BCUT2D eigenvalue weighted by Gasteiger charge is 2.27. The largest absolute Gasteiger partial charge is 0.345 e. The summed E-state index contributed by atoms with van der Waals surface area (Å²) in [6.07, 6.45) is 3.85. The molecule has 12 heteroatoms. The van der Waals surface area contributed by atoms with Gasteiger partial charge in [0.2, 0.25) is 5.78 Å². The molecule has 0 unspecified atom stereocenters. The third-order valence-corrected chi connectivity index (χ3v) is 6.11. The lowest BCUT2D eigenvalue weighted by Crippen LogP contribution is -2.17. The minimum Gasteiger partial charge on any atom is -0.345 e. The molecule has 0 saturated carbocycles. The van der Waals surface area contributed by atoms with E-state index in [-0.39, 0.29) is 21.0 Å². The SMILES string of the molecule is Cc1nc(S(=O)(=O)Nc2ccc(F)c(C(=O)c3c[nH]c4ncc(Cl)cc34)c2F)cn1C. The van der Waals surface area contributed by atoms with Gasteiger partial charge in [0, 0.05) is 36.6 Å². The van der Waals surface area contributed by atoms with Crippen molar-refractivity contribution < 1.29 is 22.0 Å². The third kappa shape index (κ3) is 3.66. The normalized spacial score (nSPS) is 11.8. The van der Waals surface area contributed by atoms with Gasteiger partial charge in [0.1, 0.15) is 17.3 Å². The van der Waals surface area contributed by atoms with Crippen LogP contribution in [0, 0.1) is 18.6 Å². The summed E-state index contributed by atoms with van der Waals surface area (Å²) in [6, 6.07) is 3.12. The lowest BCUT2D eigenvalue weighted by atomic mass is 10.0. The molecule has 0 radical (unpaired) electrons. The standard InChI is InChI=1S/C19H14ClF2N5O3S/c1-9-25-15(8-27(9)2)31(29,30)26-14-4-3-13(21)16(17(14)22)18(28)12-7-24-19-11(12)5-10(20)6-23-19/h3-8,26H,1-2H3,(H,23,24). The summed E-state index contributed by atoms with van der Waals surface area (Å²) in [5, 5.41) is 0.155. The van der Waals surface area contributed by atoms with Gasteiger partial charge < -0.3 is 9.55 Å². The Morgan fingerprint density at radius 1 is 1.29 bits per heavy atom. The first-order chi connectivity index (χ1) is 14.6. The smallest absolute Gasteiger partial charge is 0.281 e. The lowest BCUT2D eigenvalue weighted by molar-refractivity contribution is 0.103. The molecule has 4 aromatic rings. The van der Waals surface area contributed by atoms with Gasteiger partial charge >= 0.3 is 0 Å². The Morgan fingerprint density at radius 3 is 2.71 bits per heavy atom. The number of rotatable bonds is 5. The van der Waals surface area contributed by atoms with Crippen LogP contribution in [0.4, 0.5) is 14.5 Å². The fraction of sp³-hybridized carbons (Fsp3) is 0.105. The second-order valence-electron chi connectivity index (χ2n) is 6.71. The van der Waals surface area contributed by atoms with Crippen molar-refractivity contribution in [2.24, 2.45) is 7.05 Å². The van der Waals surface area contributed by atoms with Crippen molar-refractivity contribution in [3.8, 4) is 0 Å². The number of nitrogens with zero attached hydrogens (tertiary/aromatic N) is 3. The summed E-state index contributed by atoms with van der Waals surface area (Å²) >= 11 is 5.91. The van der Waals surface area contributed by atoms with Crippen LogP contribution in [-0.2, 0) is 17.1 Å². The number of ketones is 1. The van der Waals surface area contributed by atoms with Crippen molar-refractivity contribution in [1.82, 2.24) is 19.5 Å². The monoisotopic (exact) mass is 465 g/mol. The van der Waals surface area contributed by atoms with Gasteiger partial charge in [0.25, 0.3) is 10.0 Å². The molecule has 31 heavy (non-hydrogen) atoms. The number of aromatic amines is 1. The Labute approximate surface area is 179 Å². The van der Waals surface area contributed by atoms with Crippen molar-refractivity contribution in [1.29, 1.82) is 0 Å². The van der Waals surface area contributed by atoms with Gasteiger partial charge in [-0.1, -0.05) is 11.6 Å². The summed E-state index contributed by atoms with van der Waals surface area (Å²) in [5.74, 6) is -3.09. The van der Waals surface area contributed by atoms with Crippen molar-refractivity contribution in [2.45, 2.75) is 11.9 Å². The zero-order valence-corrected chi connectivity index (χ0v) is 17.6. The molecule has 0 saturated heterocycles.